The first kappa shape index (κ1) is 31.4. The van der Waals surface area contributed by atoms with Gasteiger partial charge in [0.2, 0.25) is 0 Å². The Hall–Kier alpha value is -7.10. The summed E-state index contributed by atoms with van der Waals surface area (Å²) in [7, 11) is 2.33. The van der Waals surface area contributed by atoms with Gasteiger partial charge in [-0.3, -0.25) is 0 Å². The molecule has 9 aromatic carbocycles. The Balaban J connectivity index is 1.06. The molecule has 1 radical (unpaired) electrons. The van der Waals surface area contributed by atoms with E-state index in [-0.39, 0.29) is 0 Å². The molecule has 0 unspecified atom stereocenters. The average molecular weight is 698 g/mol. The summed E-state index contributed by atoms with van der Waals surface area (Å²) in [5, 5.41) is 4.95. The molecule has 0 spiro atoms. The van der Waals surface area contributed by atoms with Crippen LogP contribution < -0.4 is 15.8 Å². The Kier molecular flexibility index (Phi) is 7.31. The molecule has 0 amide bonds. The van der Waals surface area contributed by atoms with E-state index in [2.05, 4.69) is 223 Å². The maximum absolute atomic E-state index is 2.45. The minimum absolute atomic E-state index is 1.10. The van der Waals surface area contributed by atoms with Gasteiger partial charge >= 0.3 is 0 Å². The van der Waals surface area contributed by atoms with Crippen LogP contribution in [0.15, 0.2) is 206 Å². The van der Waals surface area contributed by atoms with Gasteiger partial charge in [-0.2, -0.15) is 0 Å². The second-order valence-corrected chi connectivity index (χ2v) is 14.3. The molecule has 1 aromatic heterocycles. The van der Waals surface area contributed by atoms with E-state index >= 15 is 0 Å². The highest BCUT2D eigenvalue weighted by atomic mass is 15.1. The molecule has 2 heterocycles. The number of para-hydroxylation sites is 3. The van der Waals surface area contributed by atoms with Crippen LogP contribution >= 0.6 is 0 Å². The highest BCUT2D eigenvalue weighted by molar-refractivity contribution is 6.74. The van der Waals surface area contributed by atoms with Gasteiger partial charge < -0.3 is 9.47 Å². The van der Waals surface area contributed by atoms with E-state index in [1.807, 2.05) is 0 Å². The molecular formula is C52H34BN2. The standard InChI is InChI=1S/C52H34BN2/c1-2-15-39(16-3-1)54(40-29-27-36(28-30-40)43-20-12-21-47-44-18-6-9-22-48(44)53-52(43)47)41-31-32-46-45-19-8-11-24-50(45)55(51(46)34-41)49-23-10-7-17-42(49)38-26-25-35-13-4-5-14-37(35)33-38/h1-34H. The number of rotatable bonds is 6. The van der Waals surface area contributed by atoms with Crippen molar-refractivity contribution in [3.8, 4) is 39.1 Å². The Bertz CT molecular complexity index is 3070. The van der Waals surface area contributed by atoms with Crippen LogP contribution in [0.1, 0.15) is 0 Å². The summed E-state index contributed by atoms with van der Waals surface area (Å²) < 4.78 is 2.45. The third-order valence-corrected chi connectivity index (χ3v) is 11.2. The Morgan fingerprint density at radius 3 is 1.89 bits per heavy atom. The van der Waals surface area contributed by atoms with Crippen molar-refractivity contribution in [1.82, 2.24) is 4.57 Å². The largest absolute Gasteiger partial charge is 0.310 e. The number of hydrogen-bond donors (Lipinski definition) is 0. The third kappa shape index (κ3) is 5.20. The van der Waals surface area contributed by atoms with E-state index < -0.39 is 0 Å². The molecule has 0 aliphatic carbocycles. The van der Waals surface area contributed by atoms with Gasteiger partial charge in [-0.15, -0.1) is 0 Å². The second kappa shape index (κ2) is 12.8. The third-order valence-electron chi connectivity index (χ3n) is 11.2. The number of nitrogens with zero attached hydrogens (tertiary/aromatic N) is 2. The lowest BCUT2D eigenvalue weighted by atomic mass is 9.65. The van der Waals surface area contributed by atoms with Crippen molar-refractivity contribution in [3.63, 3.8) is 0 Å². The first-order valence-corrected chi connectivity index (χ1v) is 18.9. The highest BCUT2D eigenvalue weighted by Crippen LogP contribution is 2.42. The monoisotopic (exact) mass is 697 g/mol. The van der Waals surface area contributed by atoms with Crippen LogP contribution in [0.5, 0.6) is 0 Å². The lowest BCUT2D eigenvalue weighted by Crippen LogP contribution is -2.22. The van der Waals surface area contributed by atoms with Crippen LogP contribution in [-0.2, 0) is 0 Å². The zero-order chi connectivity index (χ0) is 36.3. The summed E-state index contributed by atoms with van der Waals surface area (Å²) >= 11 is 0. The molecule has 2 nitrogen and oxygen atoms in total. The fourth-order valence-corrected chi connectivity index (χ4v) is 8.67. The predicted molar refractivity (Wildman–Crippen MR) is 234 cm³/mol. The van der Waals surface area contributed by atoms with Crippen LogP contribution in [-0.4, -0.2) is 11.8 Å². The van der Waals surface area contributed by atoms with Crippen LogP contribution in [0.25, 0.3) is 71.6 Å². The van der Waals surface area contributed by atoms with Gasteiger partial charge in [0.15, 0.2) is 7.28 Å². The molecule has 0 fully saturated rings. The van der Waals surface area contributed by atoms with Gasteiger partial charge in [-0.05, 0) is 93.2 Å². The van der Waals surface area contributed by atoms with E-state index in [0.29, 0.717) is 0 Å². The van der Waals surface area contributed by atoms with E-state index in [0.717, 1.165) is 22.7 Å². The average Bonchev–Trinajstić information content (AvgIpc) is 3.80. The fourth-order valence-electron chi connectivity index (χ4n) is 8.67. The van der Waals surface area contributed by atoms with Crippen LogP contribution in [0.4, 0.5) is 17.1 Å². The first-order chi connectivity index (χ1) is 27.3. The van der Waals surface area contributed by atoms with Gasteiger partial charge in [0, 0.05) is 33.4 Å². The highest BCUT2D eigenvalue weighted by Gasteiger charge is 2.23. The molecule has 10 aromatic rings. The SMILES string of the molecule is [B]1c2ccccc2-c2cccc(-c3ccc(N(c4ccccc4)c4ccc5c6ccccc6n(-c6ccccc6-c6ccc7ccccc7c6)c5c4)cc3)c21. The molecule has 0 bridgehead atoms. The molecule has 0 saturated carbocycles. The van der Waals surface area contributed by atoms with E-state index in [9.17, 15) is 0 Å². The van der Waals surface area contributed by atoms with Crippen LogP contribution in [0.2, 0.25) is 0 Å². The van der Waals surface area contributed by atoms with Crippen molar-refractivity contribution < 1.29 is 0 Å². The molecule has 0 N–H and O–H groups in total. The van der Waals surface area contributed by atoms with Crippen molar-refractivity contribution in [2.75, 3.05) is 4.90 Å². The maximum atomic E-state index is 2.45. The van der Waals surface area contributed by atoms with Crippen molar-refractivity contribution in [1.29, 1.82) is 0 Å². The molecule has 1 aliphatic rings. The van der Waals surface area contributed by atoms with Crippen LogP contribution in [0, 0.1) is 0 Å². The first-order valence-electron chi connectivity index (χ1n) is 18.9. The van der Waals surface area contributed by atoms with Gasteiger partial charge in [-0.1, -0.05) is 163 Å². The van der Waals surface area contributed by atoms with Crippen molar-refractivity contribution in [2.24, 2.45) is 0 Å². The molecule has 1 aliphatic heterocycles. The summed E-state index contributed by atoms with van der Waals surface area (Å²) in [6, 6.07) is 75.0. The lowest BCUT2D eigenvalue weighted by molar-refractivity contribution is 1.18. The van der Waals surface area contributed by atoms with Crippen molar-refractivity contribution in [2.45, 2.75) is 0 Å². The van der Waals surface area contributed by atoms with Gasteiger partial charge in [0.25, 0.3) is 0 Å². The topological polar surface area (TPSA) is 8.17 Å². The smallest absolute Gasteiger partial charge is 0.193 e. The van der Waals surface area contributed by atoms with Gasteiger partial charge in [-0.25, -0.2) is 0 Å². The number of fused-ring (bicyclic) bond motifs is 7. The van der Waals surface area contributed by atoms with Crippen molar-refractivity contribution in [3.05, 3.63) is 206 Å². The molecule has 255 valence electrons. The number of hydrogen-bond acceptors (Lipinski definition) is 1. The summed E-state index contributed by atoms with van der Waals surface area (Å²) in [6.45, 7) is 0. The Morgan fingerprint density at radius 2 is 1.00 bits per heavy atom. The minimum Gasteiger partial charge on any atom is -0.310 e. The number of benzene rings is 9. The Morgan fingerprint density at radius 1 is 0.364 bits per heavy atom. The molecule has 55 heavy (non-hydrogen) atoms. The predicted octanol–water partition coefficient (Wildman–Crippen LogP) is 12.4. The molecular weight excluding hydrogens is 663 g/mol. The van der Waals surface area contributed by atoms with E-state index in [4.69, 9.17) is 0 Å². The van der Waals surface area contributed by atoms with Crippen LogP contribution in [0.3, 0.4) is 0 Å². The zero-order valence-corrected chi connectivity index (χ0v) is 30.1. The Labute approximate surface area is 321 Å². The summed E-state index contributed by atoms with van der Waals surface area (Å²) in [6.07, 6.45) is 0. The van der Waals surface area contributed by atoms with E-state index in [1.165, 1.54) is 76.9 Å². The maximum Gasteiger partial charge on any atom is 0.193 e. The summed E-state index contributed by atoms with van der Waals surface area (Å²) in [4.78, 5) is 2.37. The van der Waals surface area contributed by atoms with E-state index in [1.54, 1.807) is 0 Å². The minimum atomic E-state index is 1.10. The number of aromatic nitrogens is 1. The lowest BCUT2D eigenvalue weighted by Gasteiger charge is -2.26. The quantitative estimate of drug-likeness (QED) is 0.157. The molecule has 11 rings (SSSR count). The normalized spacial score (nSPS) is 11.8. The molecule has 3 heteroatoms. The zero-order valence-electron chi connectivity index (χ0n) is 30.1. The summed E-state index contributed by atoms with van der Waals surface area (Å²) in [5.41, 5.74) is 16.9. The van der Waals surface area contributed by atoms with Gasteiger partial charge in [0.1, 0.15) is 0 Å². The fraction of sp³-hybridized carbons (Fsp3) is 0. The molecule has 0 saturated heterocycles. The second-order valence-electron chi connectivity index (χ2n) is 14.3. The number of anilines is 3. The van der Waals surface area contributed by atoms with Crippen molar-refractivity contribution >= 4 is 67.8 Å². The van der Waals surface area contributed by atoms with Gasteiger partial charge in [0.05, 0.1) is 16.7 Å². The molecule has 0 atom stereocenters. The summed E-state index contributed by atoms with van der Waals surface area (Å²) in [5.74, 6) is 0.